The topological polar surface area (TPSA) is 91.3 Å². The van der Waals surface area contributed by atoms with Gasteiger partial charge in [0.2, 0.25) is 0 Å². The van der Waals surface area contributed by atoms with Gasteiger partial charge in [0, 0.05) is 43.1 Å². The number of carboxylic acid groups (broad SMARTS) is 1. The smallest absolute Gasteiger partial charge is 0.416 e. The average Bonchev–Trinajstić information content (AvgIpc) is 3.85. The Balaban J connectivity index is 0.987. The van der Waals surface area contributed by atoms with Crippen LogP contribution in [0.1, 0.15) is 43.0 Å². The van der Waals surface area contributed by atoms with E-state index in [1.165, 1.54) is 17.7 Å². The molecule has 2 aliphatic carbocycles. The van der Waals surface area contributed by atoms with Crippen LogP contribution in [0, 0.1) is 11.8 Å². The Bertz CT molecular complexity index is 1890. The Hall–Kier alpha value is -5.03. The normalized spacial score (nSPS) is 22.2. The second kappa shape index (κ2) is 13.5. The van der Waals surface area contributed by atoms with Crippen molar-refractivity contribution in [3.05, 3.63) is 125 Å². The summed E-state index contributed by atoms with van der Waals surface area (Å²) in [6, 6.07) is 29.1. The van der Waals surface area contributed by atoms with Crippen LogP contribution in [0.25, 0.3) is 0 Å². The van der Waals surface area contributed by atoms with Gasteiger partial charge in [-0.15, -0.1) is 0 Å². The average molecular weight is 714 g/mol. The number of nitrogens with one attached hydrogen (secondary N) is 1. The number of fused-ring (bicyclic) bond motifs is 1. The highest BCUT2D eigenvalue weighted by molar-refractivity contribution is 5.91. The second-order valence-corrected chi connectivity index (χ2v) is 15.0. The Morgan fingerprint density at radius 3 is 2.12 bits per heavy atom. The molecule has 2 saturated carbocycles. The molecule has 0 spiro atoms. The van der Waals surface area contributed by atoms with Crippen LogP contribution in [-0.4, -0.2) is 64.3 Å². The molecule has 52 heavy (non-hydrogen) atoms. The summed E-state index contributed by atoms with van der Waals surface area (Å²) in [7, 11) is 0. The van der Waals surface area contributed by atoms with Gasteiger partial charge in [-0.05, 0) is 70.6 Å². The fourth-order valence-electron chi connectivity index (χ4n) is 7.86. The predicted molar refractivity (Wildman–Crippen MR) is 190 cm³/mol. The lowest BCUT2D eigenvalue weighted by molar-refractivity contribution is -0.145. The van der Waals surface area contributed by atoms with Crippen molar-refractivity contribution in [1.29, 1.82) is 0 Å². The van der Waals surface area contributed by atoms with Gasteiger partial charge in [0.15, 0.2) is 6.10 Å². The van der Waals surface area contributed by atoms with Crippen LogP contribution in [0.5, 0.6) is 11.5 Å². The van der Waals surface area contributed by atoms with Crippen molar-refractivity contribution >= 4 is 17.7 Å². The first-order valence-electron chi connectivity index (χ1n) is 17.5. The lowest BCUT2D eigenvalue weighted by Gasteiger charge is -2.29. The highest BCUT2D eigenvalue weighted by Crippen LogP contribution is 2.81. The number of halogens is 3. The number of piperidine rings is 1. The third kappa shape index (κ3) is 7.06. The maximum Gasteiger partial charge on any atom is 0.416 e. The third-order valence-corrected chi connectivity index (χ3v) is 10.6. The number of anilines is 1. The summed E-state index contributed by atoms with van der Waals surface area (Å²) >= 11 is 0. The number of hydrogen-bond acceptors (Lipinski definition) is 5. The molecular weight excluding hydrogens is 671 g/mol. The molecule has 2 N–H and O–H groups in total. The molecule has 2 bridgehead atoms. The zero-order valence-electron chi connectivity index (χ0n) is 29.3. The zero-order chi connectivity index (χ0) is 36.8. The molecule has 4 fully saturated rings. The lowest BCUT2D eigenvalue weighted by Crippen LogP contribution is -2.46. The fraction of sp³-hybridized carbons (Fsp3) is 0.366. The molecular formula is C41H42F3N3O5. The van der Waals surface area contributed by atoms with Crippen molar-refractivity contribution in [2.75, 3.05) is 25.0 Å². The Labute approximate surface area is 301 Å². The fourth-order valence-corrected chi connectivity index (χ4v) is 7.86. The van der Waals surface area contributed by atoms with Crippen LogP contribution in [-0.2, 0) is 29.4 Å². The number of nitrogens with zero attached hydrogens (tertiary/aromatic N) is 2. The number of amides is 2. The zero-order valence-corrected chi connectivity index (χ0v) is 29.3. The number of alkyl halides is 3. The summed E-state index contributed by atoms with van der Waals surface area (Å²) in [5.41, 5.74) is 2.23. The van der Waals surface area contributed by atoms with E-state index < -0.39 is 23.8 Å². The minimum absolute atomic E-state index is 0.0318. The predicted octanol–water partition coefficient (Wildman–Crippen LogP) is 7.87. The number of urea groups is 1. The van der Waals surface area contributed by atoms with Crippen LogP contribution < -0.4 is 14.8 Å². The highest BCUT2D eigenvalue weighted by Gasteiger charge is 2.95. The number of benzene rings is 4. The van der Waals surface area contributed by atoms with Gasteiger partial charge >= 0.3 is 18.2 Å². The van der Waals surface area contributed by atoms with Crippen molar-refractivity contribution < 1.29 is 37.3 Å². The summed E-state index contributed by atoms with van der Waals surface area (Å²) in [5.74, 6) is 0.669. The molecule has 2 aliphatic heterocycles. The quantitative estimate of drug-likeness (QED) is 0.147. The summed E-state index contributed by atoms with van der Waals surface area (Å²) in [6.07, 6.45) is -5.39. The van der Waals surface area contributed by atoms with Crippen molar-refractivity contribution in [3.63, 3.8) is 0 Å². The SMILES string of the molecule is CC(C)(C)c1ccc(O[C@@H](Cc2ccc(OCCN(C(=O)Nc3ccc(C(F)(F)F)cc3)[C@@]34C5[C@H]3[C@H]4CN5Cc3ccccc3)cc2)C(=O)O)cc1. The van der Waals surface area contributed by atoms with Crippen molar-refractivity contribution in [2.45, 2.75) is 63.0 Å². The van der Waals surface area contributed by atoms with Crippen molar-refractivity contribution in [2.24, 2.45) is 11.8 Å². The Morgan fingerprint density at radius 2 is 1.52 bits per heavy atom. The van der Waals surface area contributed by atoms with Gasteiger partial charge < -0.3 is 24.8 Å². The Kier molecular flexibility index (Phi) is 9.19. The highest BCUT2D eigenvalue weighted by atomic mass is 19.4. The van der Waals surface area contributed by atoms with Crippen LogP contribution in [0.3, 0.4) is 0 Å². The van der Waals surface area contributed by atoms with Crippen molar-refractivity contribution in [3.8, 4) is 11.5 Å². The molecule has 4 aromatic carbocycles. The molecule has 2 saturated heterocycles. The van der Waals surface area contributed by atoms with Crippen LogP contribution in [0.2, 0.25) is 0 Å². The van der Waals surface area contributed by atoms with E-state index in [0.717, 1.165) is 36.3 Å². The van der Waals surface area contributed by atoms with Gasteiger partial charge in [-0.3, -0.25) is 4.90 Å². The van der Waals surface area contributed by atoms with Crippen LogP contribution >= 0.6 is 0 Å². The Morgan fingerprint density at radius 1 is 0.885 bits per heavy atom. The summed E-state index contributed by atoms with van der Waals surface area (Å²) < 4.78 is 51.3. The minimum Gasteiger partial charge on any atom is -0.492 e. The number of ether oxygens (including phenoxy) is 2. The molecule has 8 rings (SSSR count). The molecule has 11 heteroatoms. The van der Waals surface area contributed by atoms with E-state index in [2.05, 4.69) is 43.1 Å². The largest absolute Gasteiger partial charge is 0.492 e. The molecule has 272 valence electrons. The molecule has 2 heterocycles. The summed E-state index contributed by atoms with van der Waals surface area (Å²) in [5, 5.41) is 12.7. The molecule has 4 aromatic rings. The van der Waals surface area contributed by atoms with Gasteiger partial charge in [0.05, 0.1) is 17.6 Å². The van der Waals surface area contributed by atoms with Crippen LogP contribution in [0.4, 0.5) is 23.7 Å². The van der Waals surface area contributed by atoms with E-state index in [9.17, 15) is 27.9 Å². The van der Waals surface area contributed by atoms with E-state index >= 15 is 0 Å². The molecule has 1 unspecified atom stereocenters. The summed E-state index contributed by atoms with van der Waals surface area (Å²) in [6.45, 7) is 8.45. The van der Waals surface area contributed by atoms with Crippen molar-refractivity contribution in [1.82, 2.24) is 9.80 Å². The lowest BCUT2D eigenvalue weighted by atomic mass is 9.87. The first-order chi connectivity index (χ1) is 24.7. The van der Waals surface area contributed by atoms with Gasteiger partial charge in [-0.25, -0.2) is 9.59 Å². The van der Waals surface area contributed by atoms with E-state index in [1.54, 1.807) is 36.4 Å². The molecule has 0 aromatic heterocycles. The first kappa shape index (κ1) is 35.4. The number of carboxylic acids is 1. The second-order valence-electron chi connectivity index (χ2n) is 15.0. The number of carbonyl (C=O) groups is 2. The van der Waals surface area contributed by atoms with E-state index in [0.29, 0.717) is 23.3 Å². The molecule has 0 radical (unpaired) electrons. The molecule has 4 aliphatic rings. The third-order valence-electron chi connectivity index (χ3n) is 10.6. The van der Waals surface area contributed by atoms with E-state index in [-0.39, 0.29) is 48.3 Å². The number of rotatable bonds is 13. The standard InChI is InChI=1S/C41H42F3N3O5/c1-39(2,3)28-13-19-32(20-14-28)52-34(37(48)49)23-26-9-17-31(18-10-26)51-22-21-47(38(50)45-30-15-11-29(12-16-30)41(42,43)44)40-33-25-46(36(40)35(33)40)24-27-7-5-4-6-8-27/h4-20,33-36H,21-25H2,1-3H3,(H,45,50)(H,48,49)/t33-,34+,35-,36?,40-/m1/s1. The maximum absolute atomic E-state index is 13.8. The maximum atomic E-state index is 13.8. The number of carbonyl (C=O) groups excluding carboxylic acids is 1. The summed E-state index contributed by atoms with van der Waals surface area (Å²) in [4.78, 5) is 30.1. The van der Waals surface area contributed by atoms with Crippen LogP contribution in [0.15, 0.2) is 103 Å². The molecule has 5 atom stereocenters. The minimum atomic E-state index is -4.47. The van der Waals surface area contributed by atoms with E-state index in [4.69, 9.17) is 9.47 Å². The van der Waals surface area contributed by atoms with E-state index in [1.807, 2.05) is 35.2 Å². The molecule has 2 amide bonds. The first-order valence-corrected chi connectivity index (χ1v) is 17.5. The van der Waals surface area contributed by atoms with Gasteiger partial charge in [-0.2, -0.15) is 13.2 Å². The van der Waals surface area contributed by atoms with Gasteiger partial charge in [0.1, 0.15) is 18.1 Å². The molecule has 8 nitrogen and oxygen atoms in total. The van der Waals surface area contributed by atoms with Gasteiger partial charge in [-0.1, -0.05) is 75.4 Å². The van der Waals surface area contributed by atoms with Gasteiger partial charge in [0.25, 0.3) is 0 Å². The number of aliphatic carboxylic acids is 1. The monoisotopic (exact) mass is 713 g/mol. The number of hydrogen-bond donors (Lipinski definition) is 2.